The quantitative estimate of drug-likeness (QED) is 0.752. The largest absolute Gasteiger partial charge is 0.492 e. The number of sulfonamides is 1. The first-order chi connectivity index (χ1) is 13.0. The molecule has 0 unspecified atom stereocenters. The molecular weight excluding hydrogens is 364 g/mol. The highest BCUT2D eigenvalue weighted by Gasteiger charge is 2.32. The first kappa shape index (κ1) is 19.4. The molecule has 1 aliphatic rings. The molecule has 1 saturated heterocycles. The smallest absolute Gasteiger partial charge is 0.244 e. The van der Waals surface area contributed by atoms with Crippen LogP contribution < -0.4 is 9.46 Å². The molecule has 0 saturated carbocycles. The van der Waals surface area contributed by atoms with Crippen molar-refractivity contribution in [2.45, 2.75) is 30.7 Å². The lowest BCUT2D eigenvalue weighted by molar-refractivity contribution is -0.136. The van der Waals surface area contributed by atoms with E-state index in [0.29, 0.717) is 26.1 Å². The number of carbonyl (C=O) groups excluding carboxylic acids is 1. The van der Waals surface area contributed by atoms with Crippen LogP contribution in [0.3, 0.4) is 0 Å². The number of hydrogen-bond acceptors (Lipinski definition) is 4. The molecule has 144 valence electrons. The van der Waals surface area contributed by atoms with E-state index in [2.05, 4.69) is 4.72 Å². The Hall–Kier alpha value is -2.38. The minimum absolute atomic E-state index is 0.0429. The molecule has 2 aromatic carbocycles. The van der Waals surface area contributed by atoms with Gasteiger partial charge >= 0.3 is 0 Å². The fourth-order valence-corrected chi connectivity index (χ4v) is 4.32. The minimum Gasteiger partial charge on any atom is -0.492 e. The Kier molecular flexibility index (Phi) is 6.13. The number of hydrogen-bond donors (Lipinski definition) is 1. The van der Waals surface area contributed by atoms with Gasteiger partial charge in [0.1, 0.15) is 16.7 Å². The third-order valence-electron chi connectivity index (χ3n) is 4.48. The zero-order valence-corrected chi connectivity index (χ0v) is 16.1. The first-order valence-electron chi connectivity index (χ1n) is 9.08. The van der Waals surface area contributed by atoms with Crippen molar-refractivity contribution in [1.29, 1.82) is 0 Å². The molecule has 7 heteroatoms. The molecule has 1 aliphatic heterocycles. The number of para-hydroxylation sites is 1. The van der Waals surface area contributed by atoms with Gasteiger partial charge in [0.05, 0.1) is 6.61 Å². The molecule has 0 spiro atoms. The maximum absolute atomic E-state index is 13.0. The normalized spacial score (nSPS) is 15.1. The summed E-state index contributed by atoms with van der Waals surface area (Å²) < 4.78 is 34.1. The average molecular weight is 388 g/mol. The van der Waals surface area contributed by atoms with Crippen LogP contribution in [0.1, 0.15) is 18.9 Å². The molecule has 0 aliphatic carbocycles. The third kappa shape index (κ3) is 4.67. The van der Waals surface area contributed by atoms with E-state index in [1.54, 1.807) is 30.0 Å². The second-order valence-corrected chi connectivity index (χ2v) is 8.10. The Bertz CT molecular complexity index is 880. The number of nitrogens with zero attached hydrogens (tertiary/aromatic N) is 1. The van der Waals surface area contributed by atoms with E-state index in [-0.39, 0.29) is 16.6 Å². The number of ether oxygens (including phenoxy) is 1. The minimum atomic E-state index is -3.92. The molecule has 6 nitrogen and oxygen atoms in total. The fourth-order valence-electron chi connectivity index (χ4n) is 2.98. The van der Waals surface area contributed by atoms with Crippen LogP contribution in [0.25, 0.3) is 0 Å². The molecule has 0 aromatic heterocycles. The van der Waals surface area contributed by atoms with E-state index >= 15 is 0 Å². The topological polar surface area (TPSA) is 75.7 Å². The van der Waals surface area contributed by atoms with Crippen molar-refractivity contribution in [2.75, 3.05) is 19.7 Å². The van der Waals surface area contributed by atoms with Crippen LogP contribution in [-0.4, -0.2) is 45.0 Å². The van der Waals surface area contributed by atoms with Crippen molar-refractivity contribution in [1.82, 2.24) is 9.62 Å². The van der Waals surface area contributed by atoms with Crippen molar-refractivity contribution < 1.29 is 17.9 Å². The molecular formula is C20H24N2O4S. The second-order valence-electron chi connectivity index (χ2n) is 6.42. The van der Waals surface area contributed by atoms with Gasteiger partial charge in [-0.2, -0.15) is 4.72 Å². The van der Waals surface area contributed by atoms with E-state index in [9.17, 15) is 13.2 Å². The summed E-state index contributed by atoms with van der Waals surface area (Å²) in [6, 6.07) is 15.0. The van der Waals surface area contributed by atoms with Gasteiger partial charge in [-0.15, -0.1) is 0 Å². The summed E-state index contributed by atoms with van der Waals surface area (Å²) in [6.07, 6.45) is 1.25. The molecule has 0 radical (unpaired) electrons. The van der Waals surface area contributed by atoms with E-state index in [0.717, 1.165) is 12.0 Å². The molecule has 1 heterocycles. The van der Waals surface area contributed by atoms with Gasteiger partial charge in [0.25, 0.3) is 0 Å². The lowest BCUT2D eigenvalue weighted by Crippen LogP contribution is -2.53. The summed E-state index contributed by atoms with van der Waals surface area (Å²) in [6.45, 7) is 3.48. The number of rotatable bonds is 8. The average Bonchev–Trinajstić information content (AvgIpc) is 2.61. The Labute approximate surface area is 160 Å². The van der Waals surface area contributed by atoms with Crippen LogP contribution >= 0.6 is 0 Å². The Balaban J connectivity index is 1.87. The Morgan fingerprint density at radius 3 is 2.41 bits per heavy atom. The number of amides is 1. The van der Waals surface area contributed by atoms with Crippen molar-refractivity contribution in [3.63, 3.8) is 0 Å². The van der Waals surface area contributed by atoms with Gasteiger partial charge in [0, 0.05) is 13.1 Å². The molecule has 1 N–H and O–H groups in total. The highest BCUT2D eigenvalue weighted by Crippen LogP contribution is 2.24. The van der Waals surface area contributed by atoms with Gasteiger partial charge in [0.2, 0.25) is 15.9 Å². The van der Waals surface area contributed by atoms with E-state index in [1.807, 2.05) is 30.3 Å². The van der Waals surface area contributed by atoms with Crippen molar-refractivity contribution in [3.05, 3.63) is 60.2 Å². The highest BCUT2D eigenvalue weighted by atomic mass is 32.2. The summed E-state index contributed by atoms with van der Waals surface area (Å²) in [4.78, 5) is 14.5. The summed E-state index contributed by atoms with van der Waals surface area (Å²) in [5.41, 5.74) is 0.900. The van der Waals surface area contributed by atoms with Crippen molar-refractivity contribution >= 4 is 15.9 Å². The van der Waals surface area contributed by atoms with Crippen molar-refractivity contribution in [3.8, 4) is 5.75 Å². The van der Waals surface area contributed by atoms with Crippen LogP contribution in [0.2, 0.25) is 0 Å². The molecule has 3 rings (SSSR count). The molecule has 2 aromatic rings. The number of benzene rings is 2. The zero-order valence-electron chi connectivity index (χ0n) is 15.3. The maximum atomic E-state index is 13.0. The molecule has 27 heavy (non-hydrogen) atoms. The van der Waals surface area contributed by atoms with Crippen LogP contribution in [0.15, 0.2) is 59.5 Å². The van der Waals surface area contributed by atoms with Gasteiger partial charge in [-0.1, -0.05) is 42.5 Å². The number of nitrogens with one attached hydrogen (secondary N) is 1. The van der Waals surface area contributed by atoms with Crippen LogP contribution in [0.5, 0.6) is 5.75 Å². The van der Waals surface area contributed by atoms with Gasteiger partial charge in [-0.3, -0.25) is 4.79 Å². The molecule has 1 fully saturated rings. The number of likely N-dealkylation sites (tertiary alicyclic amines) is 1. The highest BCUT2D eigenvalue weighted by molar-refractivity contribution is 7.89. The van der Waals surface area contributed by atoms with Gasteiger partial charge in [-0.25, -0.2) is 8.42 Å². The Morgan fingerprint density at radius 2 is 1.78 bits per heavy atom. The summed E-state index contributed by atoms with van der Waals surface area (Å²) in [7, 11) is -3.92. The first-order valence-corrected chi connectivity index (χ1v) is 10.6. The summed E-state index contributed by atoms with van der Waals surface area (Å²) in [5, 5.41) is 0. The summed E-state index contributed by atoms with van der Waals surface area (Å²) in [5.74, 6) is 0.0879. The molecule has 0 bridgehead atoms. The lowest BCUT2D eigenvalue weighted by Gasteiger charge is -2.34. The van der Waals surface area contributed by atoms with E-state index in [4.69, 9.17) is 4.74 Å². The monoisotopic (exact) mass is 388 g/mol. The standard InChI is InChI=1S/C20H24N2O4S/c1-2-26-18-11-6-7-12-19(18)27(24,25)21-17(20(23)22-13-8-14-22)15-16-9-4-3-5-10-16/h3-7,9-12,17,21H,2,8,13-15H2,1H3/t17-/m0/s1. The van der Waals surface area contributed by atoms with Crippen LogP contribution in [0, 0.1) is 0 Å². The summed E-state index contributed by atoms with van der Waals surface area (Å²) >= 11 is 0. The molecule has 1 atom stereocenters. The van der Waals surface area contributed by atoms with E-state index in [1.165, 1.54) is 6.07 Å². The zero-order chi connectivity index (χ0) is 19.3. The second kappa shape index (κ2) is 8.54. The fraction of sp³-hybridized carbons (Fsp3) is 0.350. The predicted molar refractivity (Wildman–Crippen MR) is 103 cm³/mol. The van der Waals surface area contributed by atoms with E-state index < -0.39 is 16.1 Å². The van der Waals surface area contributed by atoms with Crippen LogP contribution in [0.4, 0.5) is 0 Å². The van der Waals surface area contributed by atoms with Crippen LogP contribution in [-0.2, 0) is 21.2 Å². The SMILES string of the molecule is CCOc1ccccc1S(=O)(=O)N[C@@H](Cc1ccccc1)C(=O)N1CCC1. The Morgan fingerprint density at radius 1 is 1.11 bits per heavy atom. The molecule has 1 amide bonds. The number of carbonyl (C=O) groups is 1. The maximum Gasteiger partial charge on any atom is 0.244 e. The van der Waals surface area contributed by atoms with Gasteiger partial charge in [-0.05, 0) is 37.5 Å². The van der Waals surface area contributed by atoms with Gasteiger partial charge < -0.3 is 9.64 Å². The predicted octanol–water partition coefficient (Wildman–Crippen LogP) is 2.21. The third-order valence-corrected chi connectivity index (χ3v) is 6.00. The van der Waals surface area contributed by atoms with Gasteiger partial charge in [0.15, 0.2) is 0 Å². The van der Waals surface area contributed by atoms with Crippen molar-refractivity contribution in [2.24, 2.45) is 0 Å². The lowest BCUT2D eigenvalue weighted by atomic mass is 10.0.